The van der Waals surface area contributed by atoms with E-state index in [0.29, 0.717) is 18.7 Å². The van der Waals surface area contributed by atoms with Crippen LogP contribution in [-0.2, 0) is 4.74 Å². The summed E-state index contributed by atoms with van der Waals surface area (Å²) in [5.74, 6) is -0.105. The number of piperidine rings is 1. The molecule has 0 bridgehead atoms. The fourth-order valence-corrected chi connectivity index (χ4v) is 3.51. The first-order valence-electron chi connectivity index (χ1n) is 8.05. The van der Waals surface area contributed by atoms with Crippen LogP contribution in [0.1, 0.15) is 45.1 Å². The molecular weight excluding hydrogens is 424 g/mol. The number of ether oxygens (including phenoxy) is 1. The van der Waals surface area contributed by atoms with E-state index in [1.54, 1.807) is 27.9 Å². The third kappa shape index (κ3) is 3.65. The van der Waals surface area contributed by atoms with Crippen molar-refractivity contribution in [2.24, 2.45) is 0 Å². The van der Waals surface area contributed by atoms with E-state index in [2.05, 4.69) is 27.7 Å². The number of hydrogen-bond donors (Lipinski definition) is 0. The maximum Gasteiger partial charge on any atom is 0.410 e. The van der Waals surface area contributed by atoms with Crippen LogP contribution in [0.2, 0.25) is 0 Å². The second-order valence-corrected chi connectivity index (χ2v) is 8.30. The first kappa shape index (κ1) is 17.4. The number of hydrogen-bond acceptors (Lipinski definition) is 3. The van der Waals surface area contributed by atoms with Crippen molar-refractivity contribution < 1.29 is 13.9 Å². The van der Waals surface area contributed by atoms with E-state index in [9.17, 15) is 9.18 Å². The fourth-order valence-electron chi connectivity index (χ4n) is 2.99. The molecule has 2 aromatic heterocycles. The van der Waals surface area contributed by atoms with E-state index in [4.69, 9.17) is 4.74 Å². The molecule has 2 aromatic rings. The highest BCUT2D eigenvalue weighted by molar-refractivity contribution is 14.1. The van der Waals surface area contributed by atoms with Crippen molar-refractivity contribution in [2.75, 3.05) is 13.1 Å². The van der Waals surface area contributed by atoms with E-state index in [1.165, 1.54) is 0 Å². The molecule has 1 amide bonds. The number of carbonyl (C=O) groups excluding carboxylic acids is 1. The molecule has 3 heterocycles. The van der Waals surface area contributed by atoms with E-state index in [-0.39, 0.29) is 17.8 Å². The summed E-state index contributed by atoms with van der Waals surface area (Å²) < 4.78 is 22.5. The molecule has 24 heavy (non-hydrogen) atoms. The van der Waals surface area contributed by atoms with Gasteiger partial charge in [-0.25, -0.2) is 13.7 Å². The van der Waals surface area contributed by atoms with Gasteiger partial charge in [-0.3, -0.25) is 0 Å². The van der Waals surface area contributed by atoms with Crippen LogP contribution in [0.15, 0.2) is 18.5 Å². The summed E-state index contributed by atoms with van der Waals surface area (Å²) in [6, 6.07) is 1.55. The predicted molar refractivity (Wildman–Crippen MR) is 97.6 cm³/mol. The van der Waals surface area contributed by atoms with Crippen molar-refractivity contribution in [3.8, 4) is 0 Å². The standard InChI is InChI=1S/C17H21FIN3O2/c1-17(2,3)24-16(23)21-6-4-11(5-7-21)12-10-22-15(8-13(12)18)14(19)9-20-22/h8-11H,4-7H2,1-3H3. The second-order valence-electron chi connectivity index (χ2n) is 7.14. The molecule has 1 aliphatic rings. The molecule has 0 aromatic carbocycles. The zero-order valence-corrected chi connectivity index (χ0v) is 16.2. The van der Waals surface area contributed by atoms with Gasteiger partial charge in [0.2, 0.25) is 0 Å². The molecule has 0 N–H and O–H groups in total. The van der Waals surface area contributed by atoms with Crippen molar-refractivity contribution in [1.29, 1.82) is 0 Å². The quantitative estimate of drug-likeness (QED) is 0.619. The Labute approximate surface area is 154 Å². The maximum atomic E-state index is 14.5. The molecule has 3 rings (SSSR count). The molecule has 1 fully saturated rings. The van der Waals surface area contributed by atoms with Gasteiger partial charge in [0.1, 0.15) is 11.4 Å². The summed E-state index contributed by atoms with van der Waals surface area (Å²) in [5.41, 5.74) is 0.955. The highest BCUT2D eigenvalue weighted by Gasteiger charge is 2.29. The fraction of sp³-hybridized carbons (Fsp3) is 0.529. The number of aromatic nitrogens is 2. The van der Waals surface area contributed by atoms with Gasteiger partial charge in [-0.05, 0) is 62.1 Å². The first-order chi connectivity index (χ1) is 11.2. The molecule has 1 saturated heterocycles. The zero-order valence-electron chi connectivity index (χ0n) is 14.1. The zero-order chi connectivity index (χ0) is 17.5. The monoisotopic (exact) mass is 445 g/mol. The lowest BCUT2D eigenvalue weighted by atomic mass is 9.90. The van der Waals surface area contributed by atoms with Crippen molar-refractivity contribution in [3.63, 3.8) is 0 Å². The van der Waals surface area contributed by atoms with Gasteiger partial charge in [-0.2, -0.15) is 5.10 Å². The third-order valence-electron chi connectivity index (χ3n) is 4.17. The number of pyridine rings is 1. The average molecular weight is 445 g/mol. The molecule has 5 nitrogen and oxygen atoms in total. The first-order valence-corrected chi connectivity index (χ1v) is 9.13. The summed E-state index contributed by atoms with van der Waals surface area (Å²) in [4.78, 5) is 13.8. The highest BCUT2D eigenvalue weighted by atomic mass is 127. The summed E-state index contributed by atoms with van der Waals surface area (Å²) in [7, 11) is 0. The van der Waals surface area contributed by atoms with E-state index < -0.39 is 5.60 Å². The van der Waals surface area contributed by atoms with Crippen LogP contribution in [0, 0.1) is 9.39 Å². The summed E-state index contributed by atoms with van der Waals surface area (Å²) >= 11 is 2.15. The van der Waals surface area contributed by atoms with Crippen molar-refractivity contribution >= 4 is 34.2 Å². The Morgan fingerprint density at radius 3 is 2.67 bits per heavy atom. The molecule has 0 unspecified atom stereocenters. The number of halogens is 2. The van der Waals surface area contributed by atoms with E-state index >= 15 is 0 Å². The maximum absolute atomic E-state index is 14.5. The van der Waals surface area contributed by atoms with Gasteiger partial charge in [0.15, 0.2) is 0 Å². The minimum Gasteiger partial charge on any atom is -0.444 e. The normalized spacial score (nSPS) is 16.6. The summed E-state index contributed by atoms with van der Waals surface area (Å²) in [6.45, 7) is 6.72. The minimum atomic E-state index is -0.498. The largest absolute Gasteiger partial charge is 0.444 e. The Morgan fingerprint density at radius 2 is 2.04 bits per heavy atom. The molecule has 0 saturated carbocycles. The highest BCUT2D eigenvalue weighted by Crippen LogP contribution is 2.31. The number of rotatable bonds is 1. The van der Waals surface area contributed by atoms with Crippen LogP contribution in [0.5, 0.6) is 0 Å². The lowest BCUT2D eigenvalue weighted by molar-refractivity contribution is 0.0204. The van der Waals surface area contributed by atoms with Crippen molar-refractivity contribution in [1.82, 2.24) is 14.5 Å². The van der Waals surface area contributed by atoms with Crippen LogP contribution in [0.25, 0.3) is 5.52 Å². The van der Waals surface area contributed by atoms with Crippen LogP contribution in [0.3, 0.4) is 0 Å². The van der Waals surface area contributed by atoms with E-state index in [1.807, 2.05) is 20.8 Å². The Balaban J connectivity index is 1.71. The molecular formula is C17H21FIN3O2. The lowest BCUT2D eigenvalue weighted by Crippen LogP contribution is -2.41. The number of likely N-dealkylation sites (tertiary alicyclic amines) is 1. The van der Waals surface area contributed by atoms with Gasteiger partial charge in [0.25, 0.3) is 0 Å². The number of fused-ring (bicyclic) bond motifs is 1. The number of carbonyl (C=O) groups is 1. The topological polar surface area (TPSA) is 46.8 Å². The molecule has 1 aliphatic heterocycles. The lowest BCUT2D eigenvalue weighted by Gasteiger charge is -2.33. The molecule has 0 aliphatic carbocycles. The number of amides is 1. The van der Waals surface area contributed by atoms with Gasteiger partial charge >= 0.3 is 6.09 Å². The Bertz CT molecular complexity index is 761. The SMILES string of the molecule is CC(C)(C)OC(=O)N1CCC(c2cn3ncc(I)c3cc2F)CC1. The molecule has 7 heteroatoms. The third-order valence-corrected chi connectivity index (χ3v) is 5.01. The number of nitrogens with zero attached hydrogens (tertiary/aromatic N) is 3. The summed E-state index contributed by atoms with van der Waals surface area (Å²) in [6.07, 6.45) is 4.66. The van der Waals surface area contributed by atoms with Crippen LogP contribution in [-0.4, -0.2) is 39.3 Å². The average Bonchev–Trinajstić information content (AvgIpc) is 2.86. The molecule has 130 valence electrons. The van der Waals surface area contributed by atoms with Crippen molar-refractivity contribution in [3.05, 3.63) is 33.4 Å². The molecule has 0 radical (unpaired) electrons. The minimum absolute atomic E-state index is 0.0925. The second kappa shape index (κ2) is 6.50. The predicted octanol–water partition coefficient (Wildman–Crippen LogP) is 4.19. The summed E-state index contributed by atoms with van der Waals surface area (Å²) in [5, 5.41) is 4.26. The van der Waals surface area contributed by atoms with Gasteiger partial charge < -0.3 is 9.64 Å². The van der Waals surface area contributed by atoms with Crippen LogP contribution < -0.4 is 0 Å². The van der Waals surface area contributed by atoms with Gasteiger partial charge in [-0.1, -0.05) is 0 Å². The Morgan fingerprint density at radius 1 is 1.38 bits per heavy atom. The van der Waals surface area contributed by atoms with Gasteiger partial charge in [-0.15, -0.1) is 0 Å². The molecule has 0 spiro atoms. The Kier molecular flexibility index (Phi) is 4.72. The van der Waals surface area contributed by atoms with Crippen LogP contribution in [0.4, 0.5) is 9.18 Å². The molecule has 0 atom stereocenters. The van der Waals surface area contributed by atoms with Crippen LogP contribution >= 0.6 is 22.6 Å². The van der Waals surface area contributed by atoms with Gasteiger partial charge in [0.05, 0.1) is 15.3 Å². The van der Waals surface area contributed by atoms with Gasteiger partial charge in [0, 0.05) is 30.9 Å². The van der Waals surface area contributed by atoms with E-state index in [0.717, 1.165) is 21.9 Å². The smallest absolute Gasteiger partial charge is 0.410 e. The Hall–Kier alpha value is -1.38. The van der Waals surface area contributed by atoms with Crippen molar-refractivity contribution in [2.45, 2.75) is 45.1 Å².